The first kappa shape index (κ1) is 36.6. The van der Waals surface area contributed by atoms with Crippen LogP contribution in [0.1, 0.15) is 142 Å². The Morgan fingerprint density at radius 1 is 0.485 bits per heavy atom. The molecule has 0 aromatic rings. The molecular weight excluding hydrogens is 466 g/mol. The van der Waals surface area contributed by atoms with Gasteiger partial charge in [0.1, 0.15) is 0 Å². The molecule has 0 spiro atoms. The fraction of sp³-hybridized carbons (Fsp3) is 0.786. The van der Waals surface area contributed by atoms with Crippen LogP contribution in [0.25, 0.3) is 0 Å². The average molecular weight is 518 g/mol. The molecule has 0 aliphatic rings. The van der Waals surface area contributed by atoms with E-state index in [9.17, 15) is 9.59 Å². The van der Waals surface area contributed by atoms with E-state index in [1.54, 1.807) is 0 Å². The minimum absolute atomic E-state index is 0. The van der Waals surface area contributed by atoms with Gasteiger partial charge < -0.3 is 10.2 Å². The van der Waals surface area contributed by atoms with E-state index in [-0.39, 0.29) is 19.5 Å². The van der Waals surface area contributed by atoms with Crippen molar-refractivity contribution in [3.05, 3.63) is 24.3 Å². The number of hydrogen-bond acceptors (Lipinski definition) is 2. The first-order valence-electron chi connectivity index (χ1n) is 13.3. The zero-order valence-corrected chi connectivity index (χ0v) is 24.8. The molecule has 0 radical (unpaired) electrons. The van der Waals surface area contributed by atoms with Crippen LogP contribution in [0.4, 0.5) is 0 Å². The largest absolute Gasteiger partial charge is 0.481 e. The van der Waals surface area contributed by atoms with E-state index >= 15 is 0 Å². The van der Waals surface area contributed by atoms with Crippen molar-refractivity contribution in [3.8, 4) is 0 Å². The maximum Gasteiger partial charge on any atom is 0.303 e. The SMILES string of the molecule is CCCCCCC=CCCCCCC(=O)O.CCCCCCC=CCCCCCC(=O)O.[Zn]. The van der Waals surface area contributed by atoms with Gasteiger partial charge in [-0.3, -0.25) is 9.59 Å². The van der Waals surface area contributed by atoms with Gasteiger partial charge in [-0.15, -0.1) is 0 Å². The summed E-state index contributed by atoms with van der Waals surface area (Å²) in [6, 6.07) is 0. The molecule has 0 aliphatic heterocycles. The molecule has 0 aromatic carbocycles. The molecule has 0 aliphatic carbocycles. The van der Waals surface area contributed by atoms with E-state index in [0.29, 0.717) is 12.8 Å². The molecule has 0 unspecified atom stereocenters. The van der Waals surface area contributed by atoms with Crippen LogP contribution < -0.4 is 0 Å². The van der Waals surface area contributed by atoms with Crippen molar-refractivity contribution >= 4 is 11.9 Å². The van der Waals surface area contributed by atoms with Crippen LogP contribution in [0.2, 0.25) is 0 Å². The Bertz CT molecular complexity index is 419. The van der Waals surface area contributed by atoms with Gasteiger partial charge in [-0.2, -0.15) is 0 Å². The summed E-state index contributed by atoms with van der Waals surface area (Å²) in [5.41, 5.74) is 0. The molecule has 33 heavy (non-hydrogen) atoms. The second-order valence-corrected chi connectivity index (χ2v) is 8.63. The number of hydrogen-bond donors (Lipinski definition) is 2. The zero-order valence-electron chi connectivity index (χ0n) is 21.9. The average Bonchev–Trinajstić information content (AvgIpc) is 2.76. The number of unbranched alkanes of at least 4 members (excludes halogenated alkanes) is 14. The summed E-state index contributed by atoms with van der Waals surface area (Å²) < 4.78 is 0. The van der Waals surface area contributed by atoms with Crippen LogP contribution in [0, 0.1) is 0 Å². The smallest absolute Gasteiger partial charge is 0.303 e. The predicted octanol–water partition coefficient (Wildman–Crippen LogP) is 9.09. The summed E-state index contributed by atoms with van der Waals surface area (Å²) in [6.07, 6.45) is 30.8. The van der Waals surface area contributed by atoms with E-state index in [1.165, 1.54) is 64.2 Å². The van der Waals surface area contributed by atoms with Crippen LogP contribution in [-0.4, -0.2) is 22.2 Å². The summed E-state index contributed by atoms with van der Waals surface area (Å²) in [6.45, 7) is 4.46. The summed E-state index contributed by atoms with van der Waals surface area (Å²) in [5, 5.41) is 16.9. The third kappa shape index (κ3) is 41.8. The second-order valence-electron chi connectivity index (χ2n) is 8.63. The van der Waals surface area contributed by atoms with Gasteiger partial charge in [0.05, 0.1) is 0 Å². The maximum atomic E-state index is 10.2. The van der Waals surface area contributed by atoms with Crippen molar-refractivity contribution in [1.82, 2.24) is 0 Å². The van der Waals surface area contributed by atoms with Crippen molar-refractivity contribution in [2.45, 2.75) is 142 Å². The summed E-state index contributed by atoms with van der Waals surface area (Å²) in [5.74, 6) is -1.35. The Morgan fingerprint density at radius 3 is 1.00 bits per heavy atom. The minimum Gasteiger partial charge on any atom is -0.481 e. The molecule has 0 rings (SSSR count). The minimum atomic E-state index is -0.675. The van der Waals surface area contributed by atoms with E-state index in [4.69, 9.17) is 10.2 Å². The molecule has 0 atom stereocenters. The van der Waals surface area contributed by atoms with Crippen molar-refractivity contribution in [1.29, 1.82) is 0 Å². The number of carbonyl (C=O) groups is 2. The summed E-state index contributed by atoms with van der Waals surface area (Å²) >= 11 is 0. The van der Waals surface area contributed by atoms with Gasteiger partial charge in [0, 0.05) is 32.3 Å². The van der Waals surface area contributed by atoms with Crippen molar-refractivity contribution in [2.75, 3.05) is 0 Å². The van der Waals surface area contributed by atoms with Crippen molar-refractivity contribution < 1.29 is 39.3 Å². The van der Waals surface area contributed by atoms with Gasteiger partial charge in [-0.25, -0.2) is 0 Å². The van der Waals surface area contributed by atoms with E-state index in [1.807, 2.05) is 0 Å². The molecule has 0 heterocycles. The quantitative estimate of drug-likeness (QED) is 0.0852. The molecule has 0 saturated carbocycles. The third-order valence-electron chi connectivity index (χ3n) is 5.30. The molecule has 2 N–H and O–H groups in total. The topological polar surface area (TPSA) is 74.6 Å². The number of allylic oxidation sites excluding steroid dienone is 4. The Labute approximate surface area is 217 Å². The monoisotopic (exact) mass is 516 g/mol. The van der Waals surface area contributed by atoms with Gasteiger partial charge in [-0.05, 0) is 64.2 Å². The zero-order chi connectivity index (χ0) is 24.1. The summed E-state index contributed by atoms with van der Waals surface area (Å²) in [4.78, 5) is 20.5. The number of aliphatic carboxylic acids is 2. The molecule has 190 valence electrons. The predicted molar refractivity (Wildman–Crippen MR) is 137 cm³/mol. The van der Waals surface area contributed by atoms with Gasteiger partial charge in [0.25, 0.3) is 0 Å². The molecule has 0 amide bonds. The fourth-order valence-corrected chi connectivity index (χ4v) is 3.28. The van der Waals surface area contributed by atoms with Crippen LogP contribution in [0.3, 0.4) is 0 Å². The number of rotatable bonds is 22. The Balaban J connectivity index is -0.000000529. The fourth-order valence-electron chi connectivity index (χ4n) is 3.28. The molecule has 0 fully saturated rings. The molecule has 0 saturated heterocycles. The van der Waals surface area contributed by atoms with Crippen molar-refractivity contribution in [2.24, 2.45) is 0 Å². The van der Waals surface area contributed by atoms with Gasteiger partial charge in [0.2, 0.25) is 0 Å². The molecule has 0 aromatic heterocycles. The number of carboxylic acid groups (broad SMARTS) is 2. The van der Waals surface area contributed by atoms with Crippen LogP contribution in [0.15, 0.2) is 24.3 Å². The standard InChI is InChI=1S/2C14H26O2.Zn/c2*1-2-3-4-5-6-7-8-9-10-11-12-13-14(15)16;/h2*7-8H,2-6,9-13H2,1H3,(H,15,16);. The van der Waals surface area contributed by atoms with E-state index < -0.39 is 11.9 Å². The van der Waals surface area contributed by atoms with E-state index in [0.717, 1.165) is 51.4 Å². The van der Waals surface area contributed by atoms with Crippen molar-refractivity contribution in [3.63, 3.8) is 0 Å². The molecule has 5 heteroatoms. The molecular formula is C28H52O4Zn. The first-order chi connectivity index (χ1) is 15.5. The van der Waals surface area contributed by atoms with Gasteiger partial charge in [-0.1, -0.05) is 89.5 Å². The van der Waals surface area contributed by atoms with Gasteiger partial charge in [0.15, 0.2) is 0 Å². The second kappa shape index (κ2) is 33.2. The summed E-state index contributed by atoms with van der Waals surface area (Å²) in [7, 11) is 0. The Kier molecular flexibility index (Phi) is 36.9. The maximum absolute atomic E-state index is 10.2. The molecule has 0 bridgehead atoms. The van der Waals surface area contributed by atoms with Crippen LogP contribution in [0.5, 0.6) is 0 Å². The molecule has 4 nitrogen and oxygen atoms in total. The normalized spacial score (nSPS) is 10.7. The van der Waals surface area contributed by atoms with Gasteiger partial charge >= 0.3 is 11.9 Å². The first-order valence-corrected chi connectivity index (χ1v) is 13.3. The Hall–Kier alpha value is -0.957. The van der Waals surface area contributed by atoms with Crippen LogP contribution >= 0.6 is 0 Å². The van der Waals surface area contributed by atoms with Crippen LogP contribution in [-0.2, 0) is 29.1 Å². The van der Waals surface area contributed by atoms with E-state index in [2.05, 4.69) is 38.2 Å². The third-order valence-corrected chi connectivity index (χ3v) is 5.30. The number of carboxylic acids is 2. The Morgan fingerprint density at radius 2 is 0.758 bits per heavy atom.